The van der Waals surface area contributed by atoms with Crippen LogP contribution in [-0.2, 0) is 4.79 Å². The van der Waals surface area contributed by atoms with Crippen LogP contribution < -0.4 is 5.32 Å². The van der Waals surface area contributed by atoms with Crippen molar-refractivity contribution >= 4 is 23.4 Å². The SMILES string of the molecule is CC1Sc2cccc(C#N)c2NC1=O. The molecule has 1 aliphatic rings. The largest absolute Gasteiger partial charge is 0.323 e. The van der Waals surface area contributed by atoms with Gasteiger partial charge in [0.05, 0.1) is 16.5 Å². The Balaban J connectivity index is 2.52. The van der Waals surface area contributed by atoms with Gasteiger partial charge in [0.1, 0.15) is 6.07 Å². The van der Waals surface area contributed by atoms with E-state index in [9.17, 15) is 4.79 Å². The zero-order valence-corrected chi connectivity index (χ0v) is 8.39. The van der Waals surface area contributed by atoms with Gasteiger partial charge in [0.15, 0.2) is 0 Å². The van der Waals surface area contributed by atoms with E-state index in [1.807, 2.05) is 19.1 Å². The lowest BCUT2D eigenvalue weighted by molar-refractivity contribution is -0.115. The highest BCUT2D eigenvalue weighted by Crippen LogP contribution is 2.37. The third-order valence-electron chi connectivity index (χ3n) is 2.07. The van der Waals surface area contributed by atoms with Crippen LogP contribution in [-0.4, -0.2) is 11.2 Å². The molecule has 1 N–H and O–H groups in total. The molecule has 1 aliphatic heterocycles. The Morgan fingerprint density at radius 1 is 1.57 bits per heavy atom. The number of fused-ring (bicyclic) bond motifs is 1. The van der Waals surface area contributed by atoms with E-state index < -0.39 is 0 Å². The van der Waals surface area contributed by atoms with Crippen LogP contribution in [0, 0.1) is 11.3 Å². The standard InChI is InChI=1S/C10H8N2OS/c1-6-10(13)12-9-7(5-11)3-2-4-8(9)14-6/h2-4,6H,1H3,(H,12,13). The quantitative estimate of drug-likeness (QED) is 0.703. The fraction of sp³-hybridized carbons (Fsp3) is 0.200. The summed E-state index contributed by atoms with van der Waals surface area (Å²) in [6.45, 7) is 1.85. The molecule has 0 radical (unpaired) electrons. The van der Waals surface area contributed by atoms with Crippen LogP contribution in [0.15, 0.2) is 23.1 Å². The average molecular weight is 204 g/mol. The van der Waals surface area contributed by atoms with Crippen molar-refractivity contribution in [2.75, 3.05) is 5.32 Å². The fourth-order valence-electron chi connectivity index (χ4n) is 1.32. The number of nitrogens with zero attached hydrogens (tertiary/aromatic N) is 1. The van der Waals surface area contributed by atoms with Gasteiger partial charge < -0.3 is 5.32 Å². The molecular weight excluding hydrogens is 196 g/mol. The highest BCUT2D eigenvalue weighted by Gasteiger charge is 2.24. The van der Waals surface area contributed by atoms with Crippen molar-refractivity contribution in [2.45, 2.75) is 17.1 Å². The zero-order chi connectivity index (χ0) is 10.1. The summed E-state index contributed by atoms with van der Waals surface area (Å²) in [7, 11) is 0. The Hall–Kier alpha value is -1.47. The van der Waals surface area contributed by atoms with Crippen molar-refractivity contribution < 1.29 is 4.79 Å². The second kappa shape index (κ2) is 3.35. The molecule has 1 atom stereocenters. The maximum absolute atomic E-state index is 11.4. The van der Waals surface area contributed by atoms with Crippen LogP contribution in [0.4, 0.5) is 5.69 Å². The van der Waals surface area contributed by atoms with E-state index in [4.69, 9.17) is 5.26 Å². The van der Waals surface area contributed by atoms with Crippen LogP contribution in [0.1, 0.15) is 12.5 Å². The number of para-hydroxylation sites is 1. The first-order chi connectivity index (χ1) is 6.72. The summed E-state index contributed by atoms with van der Waals surface area (Å²) < 4.78 is 0. The third kappa shape index (κ3) is 1.36. The van der Waals surface area contributed by atoms with Crippen LogP contribution >= 0.6 is 11.8 Å². The first-order valence-electron chi connectivity index (χ1n) is 4.23. The molecule has 0 spiro atoms. The maximum atomic E-state index is 11.4. The minimum atomic E-state index is -0.0866. The minimum Gasteiger partial charge on any atom is -0.323 e. The average Bonchev–Trinajstić information content (AvgIpc) is 2.19. The fourth-order valence-corrected chi connectivity index (χ4v) is 2.30. The van der Waals surface area contributed by atoms with Gasteiger partial charge in [-0.3, -0.25) is 4.79 Å². The molecule has 0 saturated heterocycles. The summed E-state index contributed by atoms with van der Waals surface area (Å²) in [5, 5.41) is 11.5. The highest BCUT2D eigenvalue weighted by molar-refractivity contribution is 8.00. The predicted octanol–water partition coefficient (Wildman–Crippen LogP) is 1.99. The first-order valence-corrected chi connectivity index (χ1v) is 5.11. The summed E-state index contributed by atoms with van der Waals surface area (Å²) in [6, 6.07) is 7.51. The summed E-state index contributed by atoms with van der Waals surface area (Å²) in [5.41, 5.74) is 1.18. The minimum absolute atomic E-state index is 0.0369. The molecule has 1 aromatic carbocycles. The number of rotatable bonds is 0. The number of benzene rings is 1. The molecule has 4 heteroatoms. The van der Waals surface area contributed by atoms with Crippen molar-refractivity contribution in [1.29, 1.82) is 5.26 Å². The van der Waals surface area contributed by atoms with Crippen molar-refractivity contribution in [1.82, 2.24) is 0 Å². The van der Waals surface area contributed by atoms with Gasteiger partial charge in [0.25, 0.3) is 0 Å². The zero-order valence-electron chi connectivity index (χ0n) is 7.57. The monoisotopic (exact) mass is 204 g/mol. The molecule has 1 aromatic rings. The highest BCUT2D eigenvalue weighted by atomic mass is 32.2. The topological polar surface area (TPSA) is 52.9 Å². The number of nitrogens with one attached hydrogen (secondary N) is 1. The van der Waals surface area contributed by atoms with E-state index >= 15 is 0 Å². The van der Waals surface area contributed by atoms with Gasteiger partial charge in [-0.15, -0.1) is 11.8 Å². The van der Waals surface area contributed by atoms with Gasteiger partial charge in [-0.1, -0.05) is 6.07 Å². The number of hydrogen-bond acceptors (Lipinski definition) is 3. The van der Waals surface area contributed by atoms with Crippen LogP contribution in [0.2, 0.25) is 0 Å². The van der Waals surface area contributed by atoms with E-state index in [0.717, 1.165) is 4.90 Å². The molecule has 0 aliphatic carbocycles. The van der Waals surface area contributed by atoms with Gasteiger partial charge in [-0.05, 0) is 19.1 Å². The van der Waals surface area contributed by atoms with Crippen LogP contribution in [0.25, 0.3) is 0 Å². The Kier molecular flexibility index (Phi) is 2.18. The van der Waals surface area contributed by atoms with E-state index in [1.165, 1.54) is 11.8 Å². The predicted molar refractivity (Wildman–Crippen MR) is 55.1 cm³/mol. The molecule has 70 valence electrons. The molecule has 0 aromatic heterocycles. The molecule has 14 heavy (non-hydrogen) atoms. The van der Waals surface area contributed by atoms with Crippen LogP contribution in [0.5, 0.6) is 0 Å². The maximum Gasteiger partial charge on any atom is 0.237 e. The van der Waals surface area contributed by atoms with Gasteiger partial charge >= 0.3 is 0 Å². The number of anilines is 1. The summed E-state index contributed by atoms with van der Waals surface area (Å²) in [4.78, 5) is 12.4. The Morgan fingerprint density at radius 3 is 3.07 bits per heavy atom. The third-order valence-corrected chi connectivity index (χ3v) is 3.23. The second-order valence-electron chi connectivity index (χ2n) is 3.04. The first kappa shape index (κ1) is 9.10. The molecule has 0 fully saturated rings. The normalized spacial score (nSPS) is 19.4. The van der Waals surface area contributed by atoms with Gasteiger partial charge in [0, 0.05) is 4.90 Å². The molecule has 0 bridgehead atoms. The number of carbonyl (C=O) groups excluding carboxylic acids is 1. The number of hydrogen-bond donors (Lipinski definition) is 1. The van der Waals surface area contributed by atoms with E-state index in [1.54, 1.807) is 6.07 Å². The van der Waals surface area contributed by atoms with Gasteiger partial charge in [-0.2, -0.15) is 5.26 Å². The second-order valence-corrected chi connectivity index (χ2v) is 4.42. The van der Waals surface area contributed by atoms with Crippen molar-refractivity contribution in [3.05, 3.63) is 23.8 Å². The smallest absolute Gasteiger partial charge is 0.237 e. The summed E-state index contributed by atoms with van der Waals surface area (Å²) in [5.74, 6) is -0.0369. The number of thioether (sulfide) groups is 1. The molecule has 3 nitrogen and oxygen atoms in total. The molecule has 1 unspecified atom stereocenters. The Labute approximate surface area is 86.1 Å². The van der Waals surface area contributed by atoms with E-state index in [-0.39, 0.29) is 11.2 Å². The van der Waals surface area contributed by atoms with Gasteiger partial charge in [-0.25, -0.2) is 0 Å². The molecule has 2 rings (SSSR count). The molecule has 1 heterocycles. The molecule has 1 amide bonds. The van der Waals surface area contributed by atoms with Gasteiger partial charge in [0.2, 0.25) is 5.91 Å². The number of nitriles is 1. The lowest BCUT2D eigenvalue weighted by Gasteiger charge is -2.21. The Bertz CT molecular complexity index is 436. The van der Waals surface area contributed by atoms with Crippen molar-refractivity contribution in [3.63, 3.8) is 0 Å². The van der Waals surface area contributed by atoms with Crippen molar-refractivity contribution in [3.8, 4) is 6.07 Å². The van der Waals surface area contributed by atoms with E-state index in [0.29, 0.717) is 11.3 Å². The lowest BCUT2D eigenvalue weighted by atomic mass is 10.2. The summed E-state index contributed by atoms with van der Waals surface area (Å²) in [6.07, 6.45) is 0. The van der Waals surface area contributed by atoms with Crippen LogP contribution in [0.3, 0.4) is 0 Å². The van der Waals surface area contributed by atoms with E-state index in [2.05, 4.69) is 11.4 Å². The number of carbonyl (C=O) groups is 1. The lowest BCUT2D eigenvalue weighted by Crippen LogP contribution is -2.26. The number of amides is 1. The summed E-state index contributed by atoms with van der Waals surface area (Å²) >= 11 is 1.49. The molecule has 0 saturated carbocycles. The van der Waals surface area contributed by atoms with Crippen molar-refractivity contribution in [2.24, 2.45) is 0 Å². The Morgan fingerprint density at radius 2 is 2.36 bits per heavy atom. The molecular formula is C10H8N2OS.